The third-order valence-corrected chi connectivity index (χ3v) is 2.57. The Bertz CT molecular complexity index is 429. The van der Waals surface area contributed by atoms with Crippen LogP contribution in [0.3, 0.4) is 0 Å². The largest absolute Gasteiger partial charge is 0.488 e. The van der Waals surface area contributed by atoms with Crippen molar-refractivity contribution >= 4 is 21.6 Å². The molecule has 1 aromatic carbocycles. The van der Waals surface area contributed by atoms with Crippen molar-refractivity contribution in [2.45, 2.75) is 0 Å². The van der Waals surface area contributed by atoms with Crippen LogP contribution in [-0.2, 0) is 10.0 Å². The zero-order chi connectivity index (χ0) is 11.5. The van der Waals surface area contributed by atoms with Crippen molar-refractivity contribution in [3.63, 3.8) is 0 Å². The SMILES string of the molecule is NS(=O)(=O)CCOc1c(F)cccc1Cl. The van der Waals surface area contributed by atoms with Gasteiger partial charge in [0.05, 0.1) is 10.8 Å². The van der Waals surface area contributed by atoms with Gasteiger partial charge in [0.15, 0.2) is 11.6 Å². The maximum absolute atomic E-state index is 13.1. The number of hydrogen-bond donors (Lipinski definition) is 1. The highest BCUT2D eigenvalue weighted by molar-refractivity contribution is 7.89. The molecule has 4 nitrogen and oxygen atoms in total. The first-order valence-corrected chi connectivity index (χ1v) is 6.07. The number of nitrogens with two attached hydrogens (primary N) is 1. The molecule has 0 bridgehead atoms. The van der Waals surface area contributed by atoms with Crippen LogP contribution >= 0.6 is 11.6 Å². The second kappa shape index (κ2) is 4.78. The lowest BCUT2D eigenvalue weighted by molar-refractivity contribution is 0.322. The van der Waals surface area contributed by atoms with Gasteiger partial charge in [-0.05, 0) is 12.1 Å². The van der Waals surface area contributed by atoms with Gasteiger partial charge in [-0.1, -0.05) is 17.7 Å². The van der Waals surface area contributed by atoms with E-state index in [4.69, 9.17) is 21.5 Å². The van der Waals surface area contributed by atoms with Gasteiger partial charge >= 0.3 is 0 Å². The number of rotatable bonds is 4. The summed E-state index contributed by atoms with van der Waals surface area (Å²) in [6.45, 7) is -0.237. The number of sulfonamides is 1. The number of primary sulfonamides is 1. The van der Waals surface area contributed by atoms with E-state index in [0.717, 1.165) is 6.07 Å². The summed E-state index contributed by atoms with van der Waals surface area (Å²) >= 11 is 5.63. The second-order valence-corrected chi connectivity index (χ2v) is 4.91. The molecule has 1 rings (SSSR count). The zero-order valence-corrected chi connectivity index (χ0v) is 9.18. The number of halogens is 2. The van der Waals surface area contributed by atoms with Gasteiger partial charge in [-0.15, -0.1) is 0 Å². The molecule has 0 aliphatic heterocycles. The first-order valence-electron chi connectivity index (χ1n) is 3.97. The summed E-state index contributed by atoms with van der Waals surface area (Å²) in [5.74, 6) is -1.20. The van der Waals surface area contributed by atoms with E-state index in [9.17, 15) is 12.8 Å². The van der Waals surface area contributed by atoms with Gasteiger partial charge in [0, 0.05) is 0 Å². The molecule has 2 N–H and O–H groups in total. The van der Waals surface area contributed by atoms with Crippen LogP contribution in [0.15, 0.2) is 18.2 Å². The fraction of sp³-hybridized carbons (Fsp3) is 0.250. The molecule has 0 heterocycles. The molecule has 0 radical (unpaired) electrons. The Morgan fingerprint density at radius 2 is 2.13 bits per heavy atom. The van der Waals surface area contributed by atoms with E-state index in [2.05, 4.69) is 0 Å². The van der Waals surface area contributed by atoms with Crippen molar-refractivity contribution in [3.8, 4) is 5.75 Å². The average molecular weight is 254 g/mol. The maximum atomic E-state index is 13.1. The predicted octanol–water partition coefficient (Wildman–Crippen LogP) is 1.15. The van der Waals surface area contributed by atoms with Gasteiger partial charge in [-0.2, -0.15) is 0 Å². The van der Waals surface area contributed by atoms with E-state index >= 15 is 0 Å². The molecule has 0 amide bonds. The highest BCUT2D eigenvalue weighted by Gasteiger charge is 2.09. The van der Waals surface area contributed by atoms with Crippen LogP contribution in [0.5, 0.6) is 5.75 Å². The summed E-state index contributed by atoms with van der Waals surface area (Å²) in [5, 5.41) is 4.83. The van der Waals surface area contributed by atoms with Crippen molar-refractivity contribution in [1.82, 2.24) is 0 Å². The van der Waals surface area contributed by atoms with E-state index in [-0.39, 0.29) is 17.4 Å². The highest BCUT2D eigenvalue weighted by atomic mass is 35.5. The Kier molecular flexibility index (Phi) is 3.90. The van der Waals surface area contributed by atoms with Crippen molar-refractivity contribution in [1.29, 1.82) is 0 Å². The number of ether oxygens (including phenoxy) is 1. The first-order chi connectivity index (χ1) is 6.90. The highest BCUT2D eigenvalue weighted by Crippen LogP contribution is 2.26. The molecular weight excluding hydrogens is 245 g/mol. The smallest absolute Gasteiger partial charge is 0.212 e. The third-order valence-electron chi connectivity index (χ3n) is 1.53. The minimum absolute atomic E-state index is 0.0874. The van der Waals surface area contributed by atoms with E-state index in [1.807, 2.05) is 0 Å². The lowest BCUT2D eigenvalue weighted by atomic mass is 10.3. The van der Waals surface area contributed by atoms with Gasteiger partial charge in [-0.3, -0.25) is 0 Å². The van der Waals surface area contributed by atoms with Gasteiger partial charge in [-0.25, -0.2) is 17.9 Å². The Morgan fingerprint density at radius 3 is 2.67 bits per heavy atom. The van der Waals surface area contributed by atoms with Crippen LogP contribution in [0.1, 0.15) is 0 Å². The normalized spacial score (nSPS) is 11.4. The van der Waals surface area contributed by atoms with Crippen LogP contribution in [0.2, 0.25) is 5.02 Å². The molecular formula is C8H9ClFNO3S. The quantitative estimate of drug-likeness (QED) is 0.875. The Morgan fingerprint density at radius 1 is 1.47 bits per heavy atom. The van der Waals surface area contributed by atoms with Crippen LogP contribution in [0.4, 0.5) is 4.39 Å². The Hall–Kier alpha value is -0.850. The van der Waals surface area contributed by atoms with Gasteiger partial charge < -0.3 is 4.74 Å². The summed E-state index contributed by atoms with van der Waals surface area (Å²) in [4.78, 5) is 0. The molecule has 0 saturated heterocycles. The summed E-state index contributed by atoms with van der Waals surface area (Å²) in [5.41, 5.74) is 0. The minimum atomic E-state index is -3.61. The number of hydrogen-bond acceptors (Lipinski definition) is 3. The van der Waals surface area contributed by atoms with Crippen molar-refractivity contribution in [2.75, 3.05) is 12.4 Å². The van der Waals surface area contributed by atoms with Crippen LogP contribution in [0.25, 0.3) is 0 Å². The van der Waals surface area contributed by atoms with E-state index in [0.29, 0.717) is 0 Å². The molecule has 7 heteroatoms. The van der Waals surface area contributed by atoms with Crippen LogP contribution in [0, 0.1) is 5.82 Å². The van der Waals surface area contributed by atoms with E-state index in [1.54, 1.807) is 0 Å². The summed E-state index contributed by atoms with van der Waals surface area (Å²) in [6.07, 6.45) is 0. The molecule has 15 heavy (non-hydrogen) atoms. The van der Waals surface area contributed by atoms with Gasteiger partial charge in [0.2, 0.25) is 10.0 Å². The second-order valence-electron chi connectivity index (χ2n) is 2.77. The molecule has 1 aromatic rings. The maximum Gasteiger partial charge on any atom is 0.212 e. The first kappa shape index (κ1) is 12.2. The van der Waals surface area contributed by atoms with Crippen molar-refractivity contribution < 1.29 is 17.5 Å². The summed E-state index contributed by atoms with van der Waals surface area (Å²) in [7, 11) is -3.61. The fourth-order valence-corrected chi connectivity index (χ4v) is 1.41. The molecule has 0 fully saturated rings. The molecule has 0 atom stereocenters. The molecule has 0 aromatic heterocycles. The molecule has 0 spiro atoms. The Labute approximate surface area is 91.8 Å². The average Bonchev–Trinajstić information content (AvgIpc) is 2.08. The van der Waals surface area contributed by atoms with Gasteiger partial charge in [0.25, 0.3) is 0 Å². The van der Waals surface area contributed by atoms with E-state index in [1.165, 1.54) is 12.1 Å². The Balaban J connectivity index is 2.66. The van der Waals surface area contributed by atoms with Crippen molar-refractivity contribution in [2.24, 2.45) is 5.14 Å². The minimum Gasteiger partial charge on any atom is -0.488 e. The summed E-state index contributed by atoms with van der Waals surface area (Å²) < 4.78 is 39.1. The molecule has 0 unspecified atom stereocenters. The van der Waals surface area contributed by atoms with Gasteiger partial charge in [0.1, 0.15) is 6.61 Å². The monoisotopic (exact) mass is 253 g/mol. The molecule has 0 saturated carbocycles. The van der Waals surface area contributed by atoms with Crippen LogP contribution < -0.4 is 9.88 Å². The third kappa shape index (κ3) is 4.03. The van der Waals surface area contributed by atoms with Crippen molar-refractivity contribution in [3.05, 3.63) is 29.0 Å². The lowest BCUT2D eigenvalue weighted by Crippen LogP contribution is -2.21. The zero-order valence-electron chi connectivity index (χ0n) is 7.61. The lowest BCUT2D eigenvalue weighted by Gasteiger charge is -2.07. The summed E-state index contributed by atoms with van der Waals surface area (Å²) in [6, 6.07) is 4.03. The van der Waals surface area contributed by atoms with E-state index < -0.39 is 21.6 Å². The van der Waals surface area contributed by atoms with Crippen LogP contribution in [-0.4, -0.2) is 20.8 Å². The molecule has 0 aliphatic rings. The topological polar surface area (TPSA) is 69.4 Å². The standard InChI is InChI=1S/C8H9ClFNO3S/c9-6-2-1-3-7(10)8(6)14-4-5-15(11,12)13/h1-3H,4-5H2,(H2,11,12,13). The number of para-hydroxylation sites is 1. The predicted molar refractivity (Wildman–Crippen MR) is 54.9 cm³/mol. The fourth-order valence-electron chi connectivity index (χ4n) is 0.880. The number of benzene rings is 1. The molecule has 0 aliphatic carbocycles. The molecule has 84 valence electrons.